The second-order valence-corrected chi connectivity index (χ2v) is 4.93. The molecular formula is C14H13N5S. The van der Waals surface area contributed by atoms with Gasteiger partial charge in [0, 0.05) is 23.6 Å². The van der Waals surface area contributed by atoms with Crippen molar-refractivity contribution in [1.29, 1.82) is 0 Å². The Hall–Kier alpha value is -2.34. The number of benzene rings is 1. The Balaban J connectivity index is 2.07. The van der Waals surface area contributed by atoms with Crippen LogP contribution in [0.3, 0.4) is 0 Å². The van der Waals surface area contributed by atoms with Crippen molar-refractivity contribution >= 4 is 17.4 Å². The number of rotatable bonds is 3. The third-order valence-electron chi connectivity index (χ3n) is 2.84. The molecule has 3 rings (SSSR count). The van der Waals surface area contributed by atoms with Gasteiger partial charge in [-0.15, -0.1) is 5.10 Å². The monoisotopic (exact) mass is 283 g/mol. The van der Waals surface area contributed by atoms with E-state index in [1.165, 1.54) is 0 Å². The Kier molecular flexibility index (Phi) is 3.39. The Morgan fingerprint density at radius 1 is 1.05 bits per heavy atom. The fourth-order valence-electron chi connectivity index (χ4n) is 1.84. The van der Waals surface area contributed by atoms with Gasteiger partial charge in [-0.25, -0.2) is 9.67 Å². The molecular weight excluding hydrogens is 270 g/mol. The van der Waals surface area contributed by atoms with Crippen molar-refractivity contribution in [2.24, 2.45) is 0 Å². The van der Waals surface area contributed by atoms with Crippen LogP contribution in [0.2, 0.25) is 0 Å². The SMILES string of the molecule is CSc1nc(-c2ccncc2)nn1-c1ccc(N)cc1. The van der Waals surface area contributed by atoms with Crippen LogP contribution in [-0.4, -0.2) is 26.0 Å². The summed E-state index contributed by atoms with van der Waals surface area (Å²) in [5.74, 6) is 0.688. The highest BCUT2D eigenvalue weighted by Gasteiger charge is 2.12. The molecule has 5 nitrogen and oxygen atoms in total. The maximum absolute atomic E-state index is 5.71. The van der Waals surface area contributed by atoms with E-state index in [-0.39, 0.29) is 0 Å². The number of nitrogens with zero attached hydrogens (tertiary/aromatic N) is 4. The van der Waals surface area contributed by atoms with E-state index in [2.05, 4.69) is 15.1 Å². The van der Waals surface area contributed by atoms with E-state index in [9.17, 15) is 0 Å². The van der Waals surface area contributed by atoms with Gasteiger partial charge in [-0.1, -0.05) is 11.8 Å². The highest BCUT2D eigenvalue weighted by atomic mass is 32.2. The highest BCUT2D eigenvalue weighted by Crippen LogP contribution is 2.23. The molecule has 0 atom stereocenters. The molecule has 0 spiro atoms. The first-order valence-corrected chi connectivity index (χ1v) is 7.28. The highest BCUT2D eigenvalue weighted by molar-refractivity contribution is 7.98. The van der Waals surface area contributed by atoms with Crippen molar-refractivity contribution < 1.29 is 0 Å². The molecule has 0 unspecified atom stereocenters. The van der Waals surface area contributed by atoms with Gasteiger partial charge in [0.25, 0.3) is 0 Å². The van der Waals surface area contributed by atoms with Crippen LogP contribution in [0.15, 0.2) is 53.9 Å². The first-order chi connectivity index (χ1) is 9.78. The number of pyridine rings is 1. The molecule has 0 saturated heterocycles. The van der Waals surface area contributed by atoms with Crippen LogP contribution in [0, 0.1) is 0 Å². The summed E-state index contributed by atoms with van der Waals surface area (Å²) in [6, 6.07) is 11.4. The molecule has 2 aromatic heterocycles. The summed E-state index contributed by atoms with van der Waals surface area (Å²) in [7, 11) is 0. The minimum absolute atomic E-state index is 0.688. The molecule has 6 heteroatoms. The third kappa shape index (κ3) is 2.37. The average Bonchev–Trinajstić information content (AvgIpc) is 2.93. The summed E-state index contributed by atoms with van der Waals surface area (Å²) in [6.45, 7) is 0. The maximum Gasteiger partial charge on any atom is 0.191 e. The number of aromatic nitrogens is 4. The van der Waals surface area contributed by atoms with Crippen LogP contribution in [0.25, 0.3) is 17.1 Å². The van der Waals surface area contributed by atoms with Gasteiger partial charge in [-0.3, -0.25) is 4.98 Å². The van der Waals surface area contributed by atoms with Gasteiger partial charge in [0.1, 0.15) is 0 Å². The van der Waals surface area contributed by atoms with Crippen LogP contribution < -0.4 is 5.73 Å². The van der Waals surface area contributed by atoms with Crippen molar-refractivity contribution in [1.82, 2.24) is 19.7 Å². The predicted octanol–water partition coefficient (Wildman–Crippen LogP) is 2.63. The molecule has 3 aromatic rings. The van der Waals surface area contributed by atoms with Crippen molar-refractivity contribution in [3.05, 3.63) is 48.8 Å². The fourth-order valence-corrected chi connectivity index (χ4v) is 2.33. The van der Waals surface area contributed by atoms with E-state index in [0.29, 0.717) is 5.82 Å². The van der Waals surface area contributed by atoms with Crippen LogP contribution >= 0.6 is 11.8 Å². The van der Waals surface area contributed by atoms with E-state index in [4.69, 9.17) is 5.73 Å². The lowest BCUT2D eigenvalue weighted by Crippen LogP contribution is -1.98. The first-order valence-electron chi connectivity index (χ1n) is 6.05. The van der Waals surface area contributed by atoms with E-state index in [0.717, 1.165) is 22.1 Å². The molecule has 0 bridgehead atoms. The molecule has 0 aliphatic heterocycles. The largest absolute Gasteiger partial charge is 0.399 e. The minimum atomic E-state index is 0.688. The van der Waals surface area contributed by atoms with Crippen LogP contribution in [0.1, 0.15) is 0 Å². The zero-order valence-electron chi connectivity index (χ0n) is 10.9. The van der Waals surface area contributed by atoms with Crippen LogP contribution in [0.4, 0.5) is 5.69 Å². The topological polar surface area (TPSA) is 69.6 Å². The van der Waals surface area contributed by atoms with Crippen molar-refractivity contribution in [3.8, 4) is 17.1 Å². The lowest BCUT2D eigenvalue weighted by molar-refractivity contribution is 0.788. The Labute approximate surface area is 120 Å². The number of hydrogen-bond acceptors (Lipinski definition) is 5. The third-order valence-corrected chi connectivity index (χ3v) is 3.47. The van der Waals surface area contributed by atoms with Crippen molar-refractivity contribution in [2.75, 3.05) is 12.0 Å². The summed E-state index contributed by atoms with van der Waals surface area (Å²) >= 11 is 1.55. The molecule has 0 fully saturated rings. The Morgan fingerprint density at radius 3 is 2.40 bits per heavy atom. The lowest BCUT2D eigenvalue weighted by Gasteiger charge is -2.03. The maximum atomic E-state index is 5.71. The van der Waals surface area contributed by atoms with E-state index in [1.807, 2.05) is 47.3 Å². The Bertz CT molecular complexity index is 706. The van der Waals surface area contributed by atoms with Crippen LogP contribution in [0.5, 0.6) is 0 Å². The number of hydrogen-bond donors (Lipinski definition) is 1. The molecule has 2 N–H and O–H groups in total. The van der Waals surface area contributed by atoms with Gasteiger partial charge in [-0.2, -0.15) is 0 Å². The number of nitrogen functional groups attached to an aromatic ring is 1. The Morgan fingerprint density at radius 2 is 1.75 bits per heavy atom. The number of anilines is 1. The molecule has 0 amide bonds. The summed E-state index contributed by atoms with van der Waals surface area (Å²) < 4.78 is 1.82. The average molecular weight is 283 g/mol. The summed E-state index contributed by atoms with van der Waals surface area (Å²) in [6.07, 6.45) is 5.45. The van der Waals surface area contributed by atoms with E-state index >= 15 is 0 Å². The quantitative estimate of drug-likeness (QED) is 0.591. The zero-order chi connectivity index (χ0) is 13.9. The number of nitrogens with two attached hydrogens (primary N) is 1. The van der Waals surface area contributed by atoms with Crippen molar-refractivity contribution in [3.63, 3.8) is 0 Å². The normalized spacial score (nSPS) is 10.7. The van der Waals surface area contributed by atoms with Gasteiger partial charge in [0.05, 0.1) is 5.69 Å². The van der Waals surface area contributed by atoms with Gasteiger partial charge < -0.3 is 5.73 Å². The second kappa shape index (κ2) is 5.34. The molecule has 0 saturated carbocycles. The van der Waals surface area contributed by atoms with Gasteiger partial charge in [-0.05, 0) is 42.7 Å². The van der Waals surface area contributed by atoms with Crippen molar-refractivity contribution in [2.45, 2.75) is 5.16 Å². The summed E-state index contributed by atoms with van der Waals surface area (Å²) in [5.41, 5.74) is 8.33. The molecule has 0 aliphatic carbocycles. The zero-order valence-corrected chi connectivity index (χ0v) is 11.7. The second-order valence-electron chi connectivity index (χ2n) is 4.16. The van der Waals surface area contributed by atoms with Gasteiger partial charge >= 0.3 is 0 Å². The fraction of sp³-hybridized carbons (Fsp3) is 0.0714. The first kappa shape index (κ1) is 12.7. The molecule has 20 heavy (non-hydrogen) atoms. The molecule has 100 valence electrons. The molecule has 0 radical (unpaired) electrons. The van der Waals surface area contributed by atoms with Crippen LogP contribution in [-0.2, 0) is 0 Å². The minimum Gasteiger partial charge on any atom is -0.399 e. The predicted molar refractivity (Wildman–Crippen MR) is 80.8 cm³/mol. The van der Waals surface area contributed by atoms with Gasteiger partial charge in [0.2, 0.25) is 0 Å². The number of thioether (sulfide) groups is 1. The summed E-state index contributed by atoms with van der Waals surface area (Å²) in [4.78, 5) is 8.56. The molecule has 0 aliphatic rings. The smallest absolute Gasteiger partial charge is 0.191 e. The van der Waals surface area contributed by atoms with Gasteiger partial charge in [0.15, 0.2) is 11.0 Å². The molecule has 2 heterocycles. The van der Waals surface area contributed by atoms with E-state index in [1.54, 1.807) is 24.2 Å². The van der Waals surface area contributed by atoms with E-state index < -0.39 is 0 Å². The lowest BCUT2D eigenvalue weighted by atomic mass is 10.3. The summed E-state index contributed by atoms with van der Waals surface area (Å²) in [5, 5.41) is 5.40. The molecule has 1 aromatic carbocycles. The standard InChI is InChI=1S/C14H13N5S/c1-20-14-17-13(10-6-8-16-9-7-10)18-19(14)12-4-2-11(15)3-5-12/h2-9H,15H2,1H3.